The quantitative estimate of drug-likeness (QED) is 0.490. The van der Waals surface area contributed by atoms with Crippen molar-refractivity contribution in [3.05, 3.63) is 41.4 Å². The maximum absolute atomic E-state index is 11.2. The van der Waals surface area contributed by atoms with Crippen LogP contribution in [-0.4, -0.2) is 23.1 Å². The van der Waals surface area contributed by atoms with Crippen LogP contribution >= 0.6 is 0 Å². The zero-order chi connectivity index (χ0) is 10.1. The van der Waals surface area contributed by atoms with Gasteiger partial charge >= 0.3 is 13.1 Å². The molecule has 2 rings (SSSR count). The molecule has 0 bridgehead atoms. The van der Waals surface area contributed by atoms with Crippen molar-refractivity contribution in [2.24, 2.45) is 0 Å². The minimum Gasteiger partial charge on any atom is -0.423 e. The third-order valence-corrected chi connectivity index (χ3v) is 1.92. The van der Waals surface area contributed by atoms with Gasteiger partial charge in [-0.15, -0.1) is 0 Å². The maximum Gasteiger partial charge on any atom is 0.484 e. The molecule has 0 saturated carbocycles. The van der Waals surface area contributed by atoms with Crippen molar-refractivity contribution in [3.8, 4) is 0 Å². The predicted molar refractivity (Wildman–Crippen MR) is 50.0 cm³/mol. The summed E-state index contributed by atoms with van der Waals surface area (Å²) in [6, 6.07) is 6.79. The van der Waals surface area contributed by atoms with Gasteiger partial charge in [-0.25, -0.2) is 4.79 Å². The topological polar surface area (TPSA) is 66.8 Å². The Hall–Kier alpha value is -1.59. The Morgan fingerprint density at radius 3 is 2.50 bits per heavy atom. The Morgan fingerprint density at radius 1 is 1.21 bits per heavy atom. The standard InChI is InChI=1S/C9H7BO4/c11-9-7-4-2-1-3-6(7)8(14-9)5-10(12)13/h1-5,12-13H/b8-5-. The highest BCUT2D eigenvalue weighted by atomic mass is 16.5. The lowest BCUT2D eigenvalue weighted by Crippen LogP contribution is -2.07. The smallest absolute Gasteiger partial charge is 0.423 e. The molecule has 0 saturated heterocycles. The van der Waals surface area contributed by atoms with Gasteiger partial charge in [-0.2, -0.15) is 0 Å². The number of fused-ring (bicyclic) bond motifs is 1. The molecule has 14 heavy (non-hydrogen) atoms. The number of esters is 1. The molecule has 1 heterocycles. The molecule has 2 N–H and O–H groups in total. The summed E-state index contributed by atoms with van der Waals surface area (Å²) in [4.78, 5) is 11.2. The van der Waals surface area contributed by atoms with E-state index in [0.29, 0.717) is 11.1 Å². The van der Waals surface area contributed by atoms with Crippen LogP contribution in [0.1, 0.15) is 15.9 Å². The van der Waals surface area contributed by atoms with Crippen LogP contribution in [-0.2, 0) is 4.74 Å². The summed E-state index contributed by atoms with van der Waals surface area (Å²) in [5.74, 6) is 0.803. The number of ether oxygens (including phenoxy) is 1. The molecule has 4 nitrogen and oxygen atoms in total. The first-order valence-electron chi connectivity index (χ1n) is 4.08. The minimum absolute atomic E-state index is 0.195. The van der Waals surface area contributed by atoms with Crippen LogP contribution < -0.4 is 0 Å². The van der Waals surface area contributed by atoms with Crippen molar-refractivity contribution in [1.29, 1.82) is 0 Å². The minimum atomic E-state index is -1.62. The van der Waals surface area contributed by atoms with Gasteiger partial charge in [0.2, 0.25) is 0 Å². The van der Waals surface area contributed by atoms with E-state index in [9.17, 15) is 4.79 Å². The SMILES string of the molecule is O=C1O/C(=C\B(O)O)c2ccccc21. The molecule has 0 aromatic heterocycles. The van der Waals surface area contributed by atoms with Gasteiger partial charge in [0, 0.05) is 5.56 Å². The first-order chi connectivity index (χ1) is 6.68. The number of benzene rings is 1. The second-order valence-corrected chi connectivity index (χ2v) is 2.88. The lowest BCUT2D eigenvalue weighted by Gasteiger charge is -1.96. The van der Waals surface area contributed by atoms with E-state index in [1.54, 1.807) is 24.3 Å². The molecular weight excluding hydrogens is 183 g/mol. The summed E-state index contributed by atoms with van der Waals surface area (Å²) in [5.41, 5.74) is 1.03. The Morgan fingerprint density at radius 2 is 1.86 bits per heavy atom. The Balaban J connectivity index is 2.49. The van der Waals surface area contributed by atoms with E-state index < -0.39 is 13.1 Å². The summed E-state index contributed by atoms with van der Waals surface area (Å²) in [5, 5.41) is 17.4. The average molecular weight is 190 g/mol. The van der Waals surface area contributed by atoms with Gasteiger partial charge < -0.3 is 14.8 Å². The largest absolute Gasteiger partial charge is 0.484 e. The van der Waals surface area contributed by atoms with Crippen molar-refractivity contribution in [1.82, 2.24) is 0 Å². The summed E-state index contributed by atoms with van der Waals surface area (Å²) in [7, 11) is -1.62. The van der Waals surface area contributed by atoms with Gasteiger partial charge in [0.15, 0.2) is 0 Å². The molecular formula is C9H7BO4. The number of hydrogen-bond acceptors (Lipinski definition) is 4. The second-order valence-electron chi connectivity index (χ2n) is 2.88. The first kappa shape index (κ1) is 8.99. The van der Waals surface area contributed by atoms with Crippen LogP contribution in [0.4, 0.5) is 0 Å². The molecule has 0 radical (unpaired) electrons. The van der Waals surface area contributed by atoms with Crippen LogP contribution in [0.3, 0.4) is 0 Å². The van der Waals surface area contributed by atoms with Crippen LogP contribution in [0.2, 0.25) is 0 Å². The summed E-state index contributed by atoms with van der Waals surface area (Å²) in [6.07, 6.45) is 0. The molecule has 1 aromatic carbocycles. The van der Waals surface area contributed by atoms with E-state index >= 15 is 0 Å². The molecule has 5 heteroatoms. The number of cyclic esters (lactones) is 1. The van der Waals surface area contributed by atoms with E-state index in [4.69, 9.17) is 14.8 Å². The van der Waals surface area contributed by atoms with E-state index in [0.717, 1.165) is 5.98 Å². The summed E-state index contributed by atoms with van der Waals surface area (Å²) < 4.78 is 4.84. The highest BCUT2D eigenvalue weighted by Gasteiger charge is 2.26. The molecule has 1 aromatic rings. The Labute approximate surface area is 80.6 Å². The van der Waals surface area contributed by atoms with E-state index in [-0.39, 0.29) is 5.76 Å². The van der Waals surface area contributed by atoms with Crippen LogP contribution in [0.5, 0.6) is 0 Å². The lowest BCUT2D eigenvalue weighted by atomic mass is 9.89. The second kappa shape index (κ2) is 3.28. The van der Waals surface area contributed by atoms with Crippen LogP contribution in [0, 0.1) is 0 Å². The van der Waals surface area contributed by atoms with Gasteiger partial charge in [0.25, 0.3) is 0 Å². The zero-order valence-corrected chi connectivity index (χ0v) is 7.18. The Bertz CT molecular complexity index is 411. The van der Waals surface area contributed by atoms with Gasteiger partial charge in [-0.1, -0.05) is 18.2 Å². The summed E-state index contributed by atoms with van der Waals surface area (Å²) in [6.45, 7) is 0. The van der Waals surface area contributed by atoms with Crippen LogP contribution in [0.15, 0.2) is 30.2 Å². The van der Waals surface area contributed by atoms with Crippen LogP contribution in [0.25, 0.3) is 5.76 Å². The zero-order valence-electron chi connectivity index (χ0n) is 7.18. The summed E-state index contributed by atoms with van der Waals surface area (Å²) >= 11 is 0. The third-order valence-electron chi connectivity index (χ3n) is 1.92. The molecule has 0 spiro atoms. The van der Waals surface area contributed by atoms with Crippen molar-refractivity contribution in [2.75, 3.05) is 0 Å². The predicted octanol–water partition coefficient (Wildman–Crippen LogP) is 0.210. The fourth-order valence-corrected chi connectivity index (χ4v) is 1.34. The van der Waals surface area contributed by atoms with E-state index in [1.165, 1.54) is 0 Å². The highest BCUT2D eigenvalue weighted by Crippen LogP contribution is 2.28. The van der Waals surface area contributed by atoms with Crippen molar-refractivity contribution in [2.45, 2.75) is 0 Å². The fourth-order valence-electron chi connectivity index (χ4n) is 1.34. The average Bonchev–Trinajstić information content (AvgIpc) is 2.44. The van der Waals surface area contributed by atoms with Gasteiger partial charge in [0.05, 0.1) is 5.56 Å². The fraction of sp³-hybridized carbons (Fsp3) is 0. The maximum atomic E-state index is 11.2. The number of carbonyl (C=O) groups excluding carboxylic acids is 1. The molecule has 0 fully saturated rings. The molecule has 1 aliphatic rings. The molecule has 1 aliphatic heterocycles. The lowest BCUT2D eigenvalue weighted by molar-refractivity contribution is 0.0716. The monoisotopic (exact) mass is 190 g/mol. The number of rotatable bonds is 1. The number of hydrogen-bond donors (Lipinski definition) is 2. The Kier molecular flexibility index (Phi) is 2.11. The highest BCUT2D eigenvalue weighted by molar-refractivity contribution is 6.49. The van der Waals surface area contributed by atoms with Gasteiger partial charge in [-0.05, 0) is 12.0 Å². The first-order valence-corrected chi connectivity index (χ1v) is 4.08. The van der Waals surface area contributed by atoms with Gasteiger partial charge in [-0.3, -0.25) is 0 Å². The van der Waals surface area contributed by atoms with E-state index in [1.807, 2.05) is 0 Å². The molecule has 0 aliphatic carbocycles. The van der Waals surface area contributed by atoms with Gasteiger partial charge in [0.1, 0.15) is 5.76 Å². The molecule has 0 unspecified atom stereocenters. The molecule has 70 valence electrons. The number of carbonyl (C=O) groups is 1. The van der Waals surface area contributed by atoms with Crippen molar-refractivity contribution >= 4 is 18.8 Å². The van der Waals surface area contributed by atoms with Crippen molar-refractivity contribution in [3.63, 3.8) is 0 Å². The third kappa shape index (κ3) is 1.43. The van der Waals surface area contributed by atoms with E-state index in [2.05, 4.69) is 0 Å². The van der Waals surface area contributed by atoms with Crippen molar-refractivity contribution < 1.29 is 19.6 Å². The molecule has 0 amide bonds. The molecule has 0 atom stereocenters. The normalized spacial score (nSPS) is 16.7.